The Morgan fingerprint density at radius 1 is 1.09 bits per heavy atom. The fourth-order valence-electron chi connectivity index (χ4n) is 2.45. The molecular weight excluding hydrogens is 286 g/mol. The largest absolute Gasteiger partial charge is 0.497 e. The van der Waals surface area contributed by atoms with E-state index in [-0.39, 0.29) is 0 Å². The lowest BCUT2D eigenvalue weighted by Gasteiger charge is -2.08. The summed E-state index contributed by atoms with van der Waals surface area (Å²) in [6.07, 6.45) is 2.62. The van der Waals surface area contributed by atoms with Crippen LogP contribution in [0.5, 0.6) is 5.75 Å². The van der Waals surface area contributed by atoms with Crippen molar-refractivity contribution in [2.24, 2.45) is 5.10 Å². The molecule has 1 N–H and O–H groups in total. The second kappa shape index (κ2) is 6.92. The molecule has 0 unspecified atom stereocenters. The van der Waals surface area contributed by atoms with Crippen molar-refractivity contribution in [1.29, 1.82) is 0 Å². The Bertz CT molecular complexity index is 820. The second-order valence-corrected chi connectivity index (χ2v) is 5.13. The SMILES string of the molecule is CCC(=NNc1cccc2cccnc12)c1ccc(OC)cc1. The fraction of sp³-hybridized carbons (Fsp3) is 0.158. The van der Waals surface area contributed by atoms with E-state index in [1.54, 1.807) is 13.3 Å². The summed E-state index contributed by atoms with van der Waals surface area (Å²) in [5, 5.41) is 5.67. The van der Waals surface area contributed by atoms with Gasteiger partial charge in [-0.25, -0.2) is 0 Å². The maximum Gasteiger partial charge on any atom is 0.118 e. The number of para-hydroxylation sites is 1. The molecule has 0 fully saturated rings. The molecule has 0 bridgehead atoms. The zero-order valence-electron chi connectivity index (χ0n) is 13.3. The number of ether oxygens (including phenoxy) is 1. The van der Waals surface area contributed by atoms with Crippen LogP contribution in [-0.2, 0) is 0 Å². The first-order valence-corrected chi connectivity index (χ1v) is 7.62. The van der Waals surface area contributed by atoms with Crippen LogP contribution in [0, 0.1) is 0 Å². The van der Waals surface area contributed by atoms with E-state index < -0.39 is 0 Å². The molecule has 1 aromatic heterocycles. The molecule has 0 saturated carbocycles. The maximum absolute atomic E-state index is 5.20. The topological polar surface area (TPSA) is 46.5 Å². The van der Waals surface area contributed by atoms with E-state index >= 15 is 0 Å². The standard InChI is InChI=1S/C19H19N3O/c1-3-17(14-9-11-16(23-2)12-10-14)21-22-18-8-4-6-15-7-5-13-20-19(15)18/h4-13,22H,3H2,1-2H3. The Kier molecular flexibility index (Phi) is 4.52. The van der Waals surface area contributed by atoms with Crippen LogP contribution in [0.1, 0.15) is 18.9 Å². The molecule has 116 valence electrons. The summed E-state index contributed by atoms with van der Waals surface area (Å²) in [6.45, 7) is 2.09. The quantitative estimate of drug-likeness (QED) is 0.559. The van der Waals surface area contributed by atoms with Crippen LogP contribution in [-0.4, -0.2) is 17.8 Å². The van der Waals surface area contributed by atoms with Gasteiger partial charge in [0.15, 0.2) is 0 Å². The van der Waals surface area contributed by atoms with Gasteiger partial charge in [0, 0.05) is 11.6 Å². The number of hydrogen-bond acceptors (Lipinski definition) is 4. The highest BCUT2D eigenvalue weighted by Gasteiger charge is 2.04. The Morgan fingerprint density at radius 3 is 2.61 bits per heavy atom. The fourth-order valence-corrected chi connectivity index (χ4v) is 2.45. The molecule has 0 radical (unpaired) electrons. The minimum Gasteiger partial charge on any atom is -0.497 e. The number of anilines is 1. The number of nitrogens with one attached hydrogen (secondary N) is 1. The first kappa shape index (κ1) is 15.0. The number of pyridine rings is 1. The predicted octanol–water partition coefficient (Wildman–Crippen LogP) is 4.47. The highest BCUT2D eigenvalue weighted by Crippen LogP contribution is 2.21. The van der Waals surface area contributed by atoms with Crippen molar-refractivity contribution < 1.29 is 4.74 Å². The minimum atomic E-state index is 0.831. The number of nitrogens with zero attached hydrogens (tertiary/aromatic N) is 2. The van der Waals surface area contributed by atoms with Gasteiger partial charge in [0.25, 0.3) is 0 Å². The van der Waals surface area contributed by atoms with Gasteiger partial charge in [-0.2, -0.15) is 5.10 Å². The summed E-state index contributed by atoms with van der Waals surface area (Å²) in [4.78, 5) is 4.43. The Labute approximate surface area is 135 Å². The van der Waals surface area contributed by atoms with Gasteiger partial charge in [-0.1, -0.05) is 25.1 Å². The maximum atomic E-state index is 5.20. The molecule has 0 aliphatic carbocycles. The zero-order valence-corrected chi connectivity index (χ0v) is 13.3. The van der Waals surface area contributed by atoms with E-state index in [9.17, 15) is 0 Å². The van der Waals surface area contributed by atoms with Gasteiger partial charge in [0.05, 0.1) is 24.0 Å². The molecule has 0 saturated heterocycles. The molecule has 0 aliphatic rings. The lowest BCUT2D eigenvalue weighted by Crippen LogP contribution is -2.03. The first-order chi connectivity index (χ1) is 11.3. The van der Waals surface area contributed by atoms with Crippen molar-refractivity contribution in [1.82, 2.24) is 4.98 Å². The van der Waals surface area contributed by atoms with Crippen molar-refractivity contribution in [2.75, 3.05) is 12.5 Å². The van der Waals surface area contributed by atoms with Gasteiger partial charge in [-0.05, 0) is 48.4 Å². The smallest absolute Gasteiger partial charge is 0.118 e. The number of hydrazone groups is 1. The third kappa shape index (κ3) is 3.31. The van der Waals surface area contributed by atoms with Crippen molar-refractivity contribution in [3.8, 4) is 5.75 Å². The molecule has 4 heteroatoms. The molecule has 0 atom stereocenters. The van der Waals surface area contributed by atoms with Gasteiger partial charge in [0.1, 0.15) is 5.75 Å². The van der Waals surface area contributed by atoms with Crippen molar-refractivity contribution in [3.05, 3.63) is 66.4 Å². The second-order valence-electron chi connectivity index (χ2n) is 5.13. The van der Waals surface area contributed by atoms with Gasteiger partial charge in [0.2, 0.25) is 0 Å². The number of fused-ring (bicyclic) bond motifs is 1. The van der Waals surface area contributed by atoms with E-state index in [0.29, 0.717) is 0 Å². The number of aromatic nitrogens is 1. The summed E-state index contributed by atoms with van der Waals surface area (Å²) in [6, 6.07) is 17.9. The van der Waals surface area contributed by atoms with Crippen molar-refractivity contribution in [3.63, 3.8) is 0 Å². The third-order valence-electron chi connectivity index (χ3n) is 3.70. The number of hydrogen-bond donors (Lipinski definition) is 1. The summed E-state index contributed by atoms with van der Waals surface area (Å²) in [5.41, 5.74) is 7.05. The van der Waals surface area contributed by atoms with Crippen LogP contribution in [0.4, 0.5) is 5.69 Å². The van der Waals surface area contributed by atoms with Gasteiger partial charge in [-0.3, -0.25) is 10.4 Å². The highest BCUT2D eigenvalue weighted by molar-refractivity contribution is 6.01. The first-order valence-electron chi connectivity index (χ1n) is 7.62. The summed E-state index contributed by atoms with van der Waals surface area (Å²) in [5.74, 6) is 0.843. The van der Waals surface area contributed by atoms with E-state index in [2.05, 4.69) is 22.4 Å². The lowest BCUT2D eigenvalue weighted by atomic mass is 10.1. The molecule has 0 spiro atoms. The molecule has 1 heterocycles. The highest BCUT2D eigenvalue weighted by atomic mass is 16.5. The van der Waals surface area contributed by atoms with Crippen molar-refractivity contribution >= 4 is 22.3 Å². The number of methoxy groups -OCH3 is 1. The Morgan fingerprint density at radius 2 is 1.87 bits per heavy atom. The zero-order chi connectivity index (χ0) is 16.1. The monoisotopic (exact) mass is 305 g/mol. The molecule has 0 amide bonds. The molecule has 4 nitrogen and oxygen atoms in total. The Balaban J connectivity index is 1.89. The molecule has 2 aromatic carbocycles. The summed E-state index contributed by atoms with van der Waals surface area (Å²) < 4.78 is 5.20. The van der Waals surface area contributed by atoms with E-state index in [1.165, 1.54) is 0 Å². The minimum absolute atomic E-state index is 0.831. The van der Waals surface area contributed by atoms with E-state index in [4.69, 9.17) is 4.74 Å². The van der Waals surface area contributed by atoms with Crippen LogP contribution in [0.25, 0.3) is 10.9 Å². The van der Waals surface area contributed by atoms with Crippen molar-refractivity contribution in [2.45, 2.75) is 13.3 Å². The molecule has 3 aromatic rings. The van der Waals surface area contributed by atoms with Crippen LogP contribution in [0.15, 0.2) is 65.9 Å². The lowest BCUT2D eigenvalue weighted by molar-refractivity contribution is 0.415. The number of benzene rings is 2. The molecule has 0 aliphatic heterocycles. The summed E-state index contributed by atoms with van der Waals surface area (Å²) >= 11 is 0. The normalized spacial score (nSPS) is 11.5. The third-order valence-corrected chi connectivity index (χ3v) is 3.70. The average molecular weight is 305 g/mol. The number of rotatable bonds is 5. The van der Waals surface area contributed by atoms with Crippen LogP contribution in [0.2, 0.25) is 0 Å². The molecular formula is C19H19N3O. The van der Waals surface area contributed by atoms with Crippen LogP contribution >= 0.6 is 0 Å². The van der Waals surface area contributed by atoms with E-state index in [1.807, 2.05) is 54.6 Å². The van der Waals surface area contributed by atoms with Gasteiger partial charge in [-0.15, -0.1) is 0 Å². The average Bonchev–Trinajstić information content (AvgIpc) is 2.63. The Hall–Kier alpha value is -2.88. The van der Waals surface area contributed by atoms with Crippen LogP contribution in [0.3, 0.4) is 0 Å². The van der Waals surface area contributed by atoms with Crippen LogP contribution < -0.4 is 10.2 Å². The summed E-state index contributed by atoms with van der Waals surface area (Å²) in [7, 11) is 1.67. The van der Waals surface area contributed by atoms with Gasteiger partial charge >= 0.3 is 0 Å². The molecule has 3 rings (SSSR count). The molecule has 23 heavy (non-hydrogen) atoms. The predicted molar refractivity (Wildman–Crippen MR) is 95.2 cm³/mol. The van der Waals surface area contributed by atoms with E-state index in [0.717, 1.165) is 40.0 Å². The van der Waals surface area contributed by atoms with Gasteiger partial charge < -0.3 is 4.74 Å².